The second-order valence-electron chi connectivity index (χ2n) is 4.97. The van der Waals surface area contributed by atoms with Crippen molar-refractivity contribution >= 4 is 39.2 Å². The maximum absolute atomic E-state index is 11.8. The van der Waals surface area contributed by atoms with Gasteiger partial charge in [0.25, 0.3) is 0 Å². The maximum atomic E-state index is 11.8. The first-order valence-electron chi connectivity index (χ1n) is 7.45. The van der Waals surface area contributed by atoms with Crippen molar-refractivity contribution in [2.75, 3.05) is 11.9 Å². The Kier molecular flexibility index (Phi) is 4.97. The van der Waals surface area contributed by atoms with Crippen molar-refractivity contribution in [2.45, 2.75) is 30.4 Å². The molecule has 0 bridgehead atoms. The van der Waals surface area contributed by atoms with Crippen molar-refractivity contribution in [3.8, 4) is 0 Å². The van der Waals surface area contributed by atoms with Crippen LogP contribution in [-0.4, -0.2) is 16.7 Å². The molecule has 0 amide bonds. The monoisotopic (exact) mass is 347 g/mol. The number of hydrogen-bond acceptors (Lipinski definition) is 7. The predicted octanol–water partition coefficient (Wildman–Crippen LogP) is 3.93. The van der Waals surface area contributed by atoms with Crippen LogP contribution >= 0.6 is 23.1 Å². The highest BCUT2D eigenvalue weighted by Crippen LogP contribution is 2.30. The van der Waals surface area contributed by atoms with Gasteiger partial charge in [0, 0.05) is 23.8 Å². The SMILES string of the molecule is CCNc1nnc(SCc2cc(=O)oc3cc(CC)ccc23)s1. The Morgan fingerprint density at radius 1 is 1.26 bits per heavy atom. The Morgan fingerprint density at radius 2 is 2.13 bits per heavy atom. The van der Waals surface area contributed by atoms with Crippen LogP contribution in [0.1, 0.15) is 25.0 Å². The summed E-state index contributed by atoms with van der Waals surface area (Å²) in [6.07, 6.45) is 0.913. The fourth-order valence-electron chi connectivity index (χ4n) is 2.24. The Balaban J connectivity index is 1.85. The number of nitrogens with zero attached hydrogens (tertiary/aromatic N) is 2. The van der Waals surface area contributed by atoms with Crippen molar-refractivity contribution in [1.82, 2.24) is 10.2 Å². The summed E-state index contributed by atoms with van der Waals surface area (Å²) in [6, 6.07) is 7.61. The number of fused-ring (bicyclic) bond motifs is 1. The minimum atomic E-state index is -0.313. The summed E-state index contributed by atoms with van der Waals surface area (Å²) in [5.74, 6) is 0.661. The number of aromatic nitrogens is 2. The van der Waals surface area contributed by atoms with Gasteiger partial charge in [0.05, 0.1) is 0 Å². The minimum absolute atomic E-state index is 0.313. The summed E-state index contributed by atoms with van der Waals surface area (Å²) >= 11 is 3.10. The van der Waals surface area contributed by atoms with E-state index >= 15 is 0 Å². The molecule has 0 aliphatic carbocycles. The molecule has 0 aliphatic rings. The Bertz CT molecular complexity index is 873. The molecule has 5 nitrogen and oxygen atoms in total. The average Bonchev–Trinajstić information content (AvgIpc) is 2.99. The molecule has 3 aromatic rings. The Morgan fingerprint density at radius 3 is 2.91 bits per heavy atom. The molecule has 120 valence electrons. The van der Waals surface area contributed by atoms with E-state index in [-0.39, 0.29) is 5.63 Å². The van der Waals surface area contributed by atoms with E-state index in [9.17, 15) is 4.79 Å². The molecule has 0 saturated heterocycles. The summed E-state index contributed by atoms with van der Waals surface area (Å²) in [5, 5.41) is 13.2. The van der Waals surface area contributed by atoms with Crippen LogP contribution in [0.4, 0.5) is 5.13 Å². The number of aryl methyl sites for hydroxylation is 1. The first-order chi connectivity index (χ1) is 11.2. The minimum Gasteiger partial charge on any atom is -0.423 e. The molecular weight excluding hydrogens is 330 g/mol. The summed E-state index contributed by atoms with van der Waals surface area (Å²) < 4.78 is 6.21. The van der Waals surface area contributed by atoms with Crippen LogP contribution in [-0.2, 0) is 12.2 Å². The standard InChI is InChI=1S/C16H17N3O2S2/c1-3-10-5-6-12-11(8-14(20)21-13(12)7-10)9-22-16-19-18-15(23-16)17-4-2/h5-8H,3-4,9H2,1-2H3,(H,17,18). The fourth-order valence-corrected chi connectivity index (χ4v) is 4.05. The van der Waals surface area contributed by atoms with E-state index in [0.717, 1.165) is 38.9 Å². The maximum Gasteiger partial charge on any atom is 0.336 e. The van der Waals surface area contributed by atoms with Gasteiger partial charge < -0.3 is 9.73 Å². The molecule has 0 fully saturated rings. The highest BCUT2D eigenvalue weighted by atomic mass is 32.2. The lowest BCUT2D eigenvalue weighted by molar-refractivity contribution is 0.559. The zero-order chi connectivity index (χ0) is 16.2. The predicted molar refractivity (Wildman–Crippen MR) is 95.5 cm³/mol. The summed E-state index contributed by atoms with van der Waals surface area (Å²) in [6.45, 7) is 4.92. The van der Waals surface area contributed by atoms with Crippen molar-refractivity contribution in [3.63, 3.8) is 0 Å². The second-order valence-corrected chi connectivity index (χ2v) is 7.17. The van der Waals surface area contributed by atoms with Crippen LogP contribution in [0.15, 0.2) is 37.8 Å². The van der Waals surface area contributed by atoms with Crippen LogP contribution in [0.25, 0.3) is 11.0 Å². The molecule has 0 spiro atoms. The molecule has 1 N–H and O–H groups in total. The Labute approximate surface area is 142 Å². The molecule has 7 heteroatoms. The lowest BCUT2D eigenvalue weighted by Gasteiger charge is -2.05. The molecule has 1 aromatic carbocycles. The van der Waals surface area contributed by atoms with Gasteiger partial charge in [-0.1, -0.05) is 42.2 Å². The molecule has 0 saturated carbocycles. The van der Waals surface area contributed by atoms with E-state index < -0.39 is 0 Å². The number of thioether (sulfide) groups is 1. The highest BCUT2D eigenvalue weighted by molar-refractivity contribution is 8.00. The summed E-state index contributed by atoms with van der Waals surface area (Å²) in [5.41, 5.74) is 2.46. The molecule has 0 radical (unpaired) electrons. The molecule has 23 heavy (non-hydrogen) atoms. The first kappa shape index (κ1) is 16.0. The van der Waals surface area contributed by atoms with Crippen LogP contribution < -0.4 is 10.9 Å². The van der Waals surface area contributed by atoms with Crippen molar-refractivity contribution < 1.29 is 4.42 Å². The van der Waals surface area contributed by atoms with Gasteiger partial charge in [0.2, 0.25) is 5.13 Å². The Hall–Kier alpha value is -1.86. The summed E-state index contributed by atoms with van der Waals surface area (Å²) in [4.78, 5) is 11.8. The highest BCUT2D eigenvalue weighted by Gasteiger charge is 2.09. The van der Waals surface area contributed by atoms with E-state index in [1.54, 1.807) is 17.8 Å². The topological polar surface area (TPSA) is 68.0 Å². The lowest BCUT2D eigenvalue weighted by atomic mass is 10.1. The van der Waals surface area contributed by atoms with Crippen LogP contribution in [0.3, 0.4) is 0 Å². The number of anilines is 1. The number of hydrogen-bond donors (Lipinski definition) is 1. The lowest BCUT2D eigenvalue weighted by Crippen LogP contribution is -2.00. The van der Waals surface area contributed by atoms with E-state index in [1.165, 1.54) is 11.3 Å². The van der Waals surface area contributed by atoms with Gasteiger partial charge in [-0.25, -0.2) is 4.79 Å². The normalized spacial score (nSPS) is 11.0. The smallest absolute Gasteiger partial charge is 0.336 e. The molecule has 0 aliphatic heterocycles. The molecular formula is C16H17N3O2S2. The zero-order valence-corrected chi connectivity index (χ0v) is 14.6. The molecule has 0 unspecified atom stereocenters. The van der Waals surface area contributed by atoms with Crippen LogP contribution in [0.5, 0.6) is 0 Å². The fraction of sp³-hybridized carbons (Fsp3) is 0.312. The van der Waals surface area contributed by atoms with E-state index in [0.29, 0.717) is 11.3 Å². The van der Waals surface area contributed by atoms with E-state index in [4.69, 9.17) is 4.42 Å². The van der Waals surface area contributed by atoms with Gasteiger partial charge in [-0.3, -0.25) is 0 Å². The average molecular weight is 347 g/mol. The second kappa shape index (κ2) is 7.14. The molecule has 2 aromatic heterocycles. The van der Waals surface area contributed by atoms with Gasteiger partial charge in [-0.2, -0.15) is 0 Å². The number of nitrogens with one attached hydrogen (secondary N) is 1. The number of rotatable bonds is 6. The summed E-state index contributed by atoms with van der Waals surface area (Å²) in [7, 11) is 0. The van der Waals surface area contributed by atoms with Crippen LogP contribution in [0, 0.1) is 0 Å². The van der Waals surface area contributed by atoms with E-state index in [2.05, 4.69) is 28.5 Å². The van der Waals surface area contributed by atoms with Crippen molar-refractivity contribution in [2.24, 2.45) is 0 Å². The van der Waals surface area contributed by atoms with E-state index in [1.807, 2.05) is 19.1 Å². The third-order valence-electron chi connectivity index (χ3n) is 3.39. The largest absolute Gasteiger partial charge is 0.423 e. The molecule has 2 heterocycles. The van der Waals surface area contributed by atoms with Gasteiger partial charge in [0.1, 0.15) is 5.58 Å². The first-order valence-corrected chi connectivity index (χ1v) is 9.25. The quantitative estimate of drug-likeness (QED) is 0.538. The van der Waals surface area contributed by atoms with Gasteiger partial charge in [-0.15, -0.1) is 10.2 Å². The third-order valence-corrected chi connectivity index (χ3v) is 5.45. The zero-order valence-electron chi connectivity index (χ0n) is 13.0. The van der Waals surface area contributed by atoms with Gasteiger partial charge in [-0.05, 0) is 30.5 Å². The molecule has 0 atom stereocenters. The molecule has 3 rings (SSSR count). The van der Waals surface area contributed by atoms with Crippen molar-refractivity contribution in [3.05, 3.63) is 45.8 Å². The van der Waals surface area contributed by atoms with Gasteiger partial charge in [0.15, 0.2) is 4.34 Å². The van der Waals surface area contributed by atoms with Crippen molar-refractivity contribution in [1.29, 1.82) is 0 Å². The third kappa shape index (κ3) is 3.73. The number of benzene rings is 1. The van der Waals surface area contributed by atoms with Gasteiger partial charge >= 0.3 is 5.63 Å². The van der Waals surface area contributed by atoms with Crippen LogP contribution in [0.2, 0.25) is 0 Å².